The van der Waals surface area contributed by atoms with Crippen LogP contribution in [0, 0.1) is 0 Å². The molecule has 3 heteroatoms. The lowest BCUT2D eigenvalue weighted by Gasteiger charge is -2.36. The zero-order chi connectivity index (χ0) is 9.19. The maximum Gasteiger partial charge on any atom is 0.132 e. The predicted molar refractivity (Wildman–Crippen MR) is 51.4 cm³/mol. The van der Waals surface area contributed by atoms with Crippen molar-refractivity contribution in [2.24, 2.45) is 0 Å². The minimum Gasteiger partial charge on any atom is -0.388 e. The second-order valence-corrected chi connectivity index (χ2v) is 4.80. The fourth-order valence-electron chi connectivity index (χ4n) is 1.81. The van der Waals surface area contributed by atoms with Crippen molar-refractivity contribution in [3.05, 3.63) is 0 Å². The minimum absolute atomic E-state index is 0.0730. The Morgan fingerprint density at radius 3 is 2.83 bits per heavy atom. The van der Waals surface area contributed by atoms with Gasteiger partial charge in [0.2, 0.25) is 0 Å². The summed E-state index contributed by atoms with van der Waals surface area (Å²) in [6.45, 7) is 1.53. The van der Waals surface area contributed by atoms with Crippen LogP contribution in [-0.4, -0.2) is 21.3 Å². The molecule has 0 aromatic heterocycles. The fourth-order valence-corrected chi connectivity index (χ4v) is 2.52. The summed E-state index contributed by atoms with van der Waals surface area (Å²) < 4.78 is 0. The second kappa shape index (κ2) is 3.88. The average molecular weight is 235 g/mol. The molecular weight excluding hydrogens is 220 g/mol. The molecule has 1 saturated carbocycles. The summed E-state index contributed by atoms with van der Waals surface area (Å²) in [7, 11) is 0. The Bertz CT molecular complexity index is 181. The number of carbonyl (C=O) groups excluding carboxylic acids is 1. The van der Waals surface area contributed by atoms with Crippen molar-refractivity contribution in [3.63, 3.8) is 0 Å². The highest BCUT2D eigenvalue weighted by molar-refractivity contribution is 9.09. The van der Waals surface area contributed by atoms with Crippen LogP contribution < -0.4 is 0 Å². The smallest absolute Gasteiger partial charge is 0.132 e. The van der Waals surface area contributed by atoms with Gasteiger partial charge in [0, 0.05) is 11.2 Å². The number of ketones is 1. The Morgan fingerprint density at radius 1 is 1.67 bits per heavy atom. The molecule has 1 rings (SSSR count). The van der Waals surface area contributed by atoms with Gasteiger partial charge < -0.3 is 5.11 Å². The molecule has 0 aliphatic heterocycles. The van der Waals surface area contributed by atoms with Crippen molar-refractivity contribution in [1.29, 1.82) is 0 Å². The molecule has 2 atom stereocenters. The zero-order valence-electron chi connectivity index (χ0n) is 7.35. The standard InChI is InChI=1S/C9H15BrO2/c1-7(11)6-9(12)5-3-2-4-8(9)10/h8,12H,2-6H2,1H3/t8-,9-/m0/s1. The molecule has 0 bridgehead atoms. The van der Waals surface area contributed by atoms with Gasteiger partial charge in [0.1, 0.15) is 5.78 Å². The van der Waals surface area contributed by atoms with Gasteiger partial charge in [-0.05, 0) is 19.8 Å². The van der Waals surface area contributed by atoms with E-state index in [4.69, 9.17) is 0 Å². The van der Waals surface area contributed by atoms with E-state index in [1.165, 1.54) is 6.92 Å². The van der Waals surface area contributed by atoms with Crippen LogP contribution in [0.1, 0.15) is 39.0 Å². The van der Waals surface area contributed by atoms with Crippen LogP contribution in [0.15, 0.2) is 0 Å². The molecule has 1 aliphatic carbocycles. The SMILES string of the molecule is CC(=O)C[C@@]1(O)CCCC[C@@H]1Br. The van der Waals surface area contributed by atoms with E-state index in [9.17, 15) is 9.90 Å². The lowest BCUT2D eigenvalue weighted by molar-refractivity contribution is -0.122. The highest BCUT2D eigenvalue weighted by atomic mass is 79.9. The molecule has 1 fully saturated rings. The summed E-state index contributed by atoms with van der Waals surface area (Å²) in [5.41, 5.74) is -0.774. The molecule has 2 nitrogen and oxygen atoms in total. The number of rotatable bonds is 2. The molecular formula is C9H15BrO2. The summed E-state index contributed by atoms with van der Waals surface area (Å²) in [4.78, 5) is 11.0. The number of alkyl halides is 1. The lowest BCUT2D eigenvalue weighted by atomic mass is 9.81. The van der Waals surface area contributed by atoms with Gasteiger partial charge in [-0.25, -0.2) is 0 Å². The van der Waals surface area contributed by atoms with Gasteiger partial charge in [-0.1, -0.05) is 28.8 Å². The van der Waals surface area contributed by atoms with Gasteiger partial charge >= 0.3 is 0 Å². The monoisotopic (exact) mass is 234 g/mol. The van der Waals surface area contributed by atoms with Crippen molar-refractivity contribution in [1.82, 2.24) is 0 Å². The predicted octanol–water partition coefficient (Wildman–Crippen LogP) is 2.03. The van der Waals surface area contributed by atoms with E-state index < -0.39 is 5.60 Å². The number of Topliss-reactive ketones (excluding diaryl/α,β-unsaturated/α-hetero) is 1. The number of halogens is 1. The van der Waals surface area contributed by atoms with E-state index in [0.717, 1.165) is 25.7 Å². The molecule has 0 aromatic carbocycles. The van der Waals surface area contributed by atoms with Crippen molar-refractivity contribution >= 4 is 21.7 Å². The van der Waals surface area contributed by atoms with E-state index >= 15 is 0 Å². The minimum atomic E-state index is -0.774. The van der Waals surface area contributed by atoms with Crippen molar-refractivity contribution in [3.8, 4) is 0 Å². The lowest BCUT2D eigenvalue weighted by Crippen LogP contribution is -2.42. The average Bonchev–Trinajstić information content (AvgIpc) is 1.94. The quantitative estimate of drug-likeness (QED) is 0.743. The van der Waals surface area contributed by atoms with Crippen LogP contribution in [0.4, 0.5) is 0 Å². The van der Waals surface area contributed by atoms with E-state index in [-0.39, 0.29) is 10.6 Å². The highest BCUT2D eigenvalue weighted by Gasteiger charge is 2.37. The first-order valence-electron chi connectivity index (χ1n) is 4.40. The normalized spacial score (nSPS) is 36.4. The first-order valence-corrected chi connectivity index (χ1v) is 5.32. The number of aliphatic hydroxyl groups is 1. The third-order valence-electron chi connectivity index (χ3n) is 2.46. The molecule has 0 heterocycles. The Hall–Kier alpha value is 0.110. The molecule has 0 saturated heterocycles. The van der Waals surface area contributed by atoms with Crippen molar-refractivity contribution in [2.75, 3.05) is 0 Å². The van der Waals surface area contributed by atoms with Crippen molar-refractivity contribution in [2.45, 2.75) is 49.5 Å². The van der Waals surface area contributed by atoms with Crippen LogP contribution in [0.2, 0.25) is 0 Å². The molecule has 0 spiro atoms. The third kappa shape index (κ3) is 2.30. The van der Waals surface area contributed by atoms with Crippen LogP contribution in [-0.2, 0) is 4.79 Å². The van der Waals surface area contributed by atoms with E-state index in [1.807, 2.05) is 0 Å². The Kier molecular flexibility index (Phi) is 3.29. The highest BCUT2D eigenvalue weighted by Crippen LogP contribution is 2.36. The molecule has 0 radical (unpaired) electrons. The first-order chi connectivity index (χ1) is 5.54. The largest absolute Gasteiger partial charge is 0.388 e. The van der Waals surface area contributed by atoms with E-state index in [2.05, 4.69) is 15.9 Å². The van der Waals surface area contributed by atoms with Crippen LogP contribution in [0.25, 0.3) is 0 Å². The van der Waals surface area contributed by atoms with Crippen LogP contribution in [0.3, 0.4) is 0 Å². The summed E-state index contributed by atoms with van der Waals surface area (Å²) in [6, 6.07) is 0. The van der Waals surface area contributed by atoms with E-state index in [0.29, 0.717) is 6.42 Å². The molecule has 0 amide bonds. The van der Waals surface area contributed by atoms with E-state index in [1.54, 1.807) is 0 Å². The maximum absolute atomic E-state index is 10.9. The third-order valence-corrected chi connectivity index (χ3v) is 3.77. The molecule has 12 heavy (non-hydrogen) atoms. The van der Waals surface area contributed by atoms with Gasteiger partial charge in [0.05, 0.1) is 5.60 Å². The first kappa shape index (κ1) is 10.2. The van der Waals surface area contributed by atoms with Crippen LogP contribution in [0.5, 0.6) is 0 Å². The second-order valence-electron chi connectivity index (χ2n) is 3.70. The topological polar surface area (TPSA) is 37.3 Å². The zero-order valence-corrected chi connectivity index (χ0v) is 8.93. The molecule has 0 unspecified atom stereocenters. The number of hydrogen-bond acceptors (Lipinski definition) is 2. The summed E-state index contributed by atoms with van der Waals surface area (Å²) in [6.07, 6.45) is 4.21. The molecule has 70 valence electrons. The van der Waals surface area contributed by atoms with Gasteiger partial charge in [-0.2, -0.15) is 0 Å². The Labute approximate surface area is 81.5 Å². The summed E-state index contributed by atoms with van der Waals surface area (Å²) in [5.74, 6) is 0.0730. The van der Waals surface area contributed by atoms with Crippen LogP contribution >= 0.6 is 15.9 Å². The summed E-state index contributed by atoms with van der Waals surface area (Å²) >= 11 is 3.44. The molecule has 1 N–H and O–H groups in total. The van der Waals surface area contributed by atoms with Gasteiger partial charge in [-0.3, -0.25) is 4.79 Å². The molecule has 1 aliphatic rings. The van der Waals surface area contributed by atoms with Gasteiger partial charge in [-0.15, -0.1) is 0 Å². The van der Waals surface area contributed by atoms with Crippen molar-refractivity contribution < 1.29 is 9.90 Å². The Balaban J connectivity index is 2.59. The molecule has 0 aromatic rings. The van der Waals surface area contributed by atoms with Gasteiger partial charge in [0.25, 0.3) is 0 Å². The van der Waals surface area contributed by atoms with Gasteiger partial charge in [0.15, 0.2) is 0 Å². The number of hydrogen-bond donors (Lipinski definition) is 1. The number of carbonyl (C=O) groups is 1. The fraction of sp³-hybridized carbons (Fsp3) is 0.889. The Morgan fingerprint density at radius 2 is 2.33 bits per heavy atom. The summed E-state index contributed by atoms with van der Waals surface area (Å²) in [5, 5.41) is 10.0. The maximum atomic E-state index is 10.9.